The van der Waals surface area contributed by atoms with Crippen LogP contribution in [0.15, 0.2) is 12.7 Å². The number of aliphatic hydroxyl groups excluding tert-OH is 2. The van der Waals surface area contributed by atoms with Crippen molar-refractivity contribution in [2.45, 2.75) is 24.5 Å². The van der Waals surface area contributed by atoms with Crippen molar-refractivity contribution in [2.24, 2.45) is 0 Å². The van der Waals surface area contributed by atoms with Crippen LogP contribution in [0.3, 0.4) is 0 Å². The second-order valence-corrected chi connectivity index (χ2v) is 10.4. The summed E-state index contributed by atoms with van der Waals surface area (Å²) in [6, 6.07) is 0. The molecule has 0 spiro atoms. The number of nitrogens with zero attached hydrogens (tertiary/aromatic N) is 4. The van der Waals surface area contributed by atoms with Crippen molar-refractivity contribution in [1.29, 1.82) is 0 Å². The van der Waals surface area contributed by atoms with Crippen molar-refractivity contribution in [3.63, 3.8) is 0 Å². The summed E-state index contributed by atoms with van der Waals surface area (Å²) in [4.78, 5) is 47.2. The number of rotatable bonds is 8. The average Bonchev–Trinajstić information content (AvgIpc) is 3.13. The Morgan fingerprint density at radius 3 is 2.34 bits per heavy atom. The van der Waals surface area contributed by atoms with E-state index >= 15 is 0 Å². The van der Waals surface area contributed by atoms with Gasteiger partial charge >= 0.3 is 53.0 Å². The molecule has 1 aliphatic heterocycles. The van der Waals surface area contributed by atoms with E-state index < -0.39 is 54.6 Å². The van der Waals surface area contributed by atoms with Gasteiger partial charge in [-0.25, -0.2) is 28.6 Å². The molecule has 0 saturated carbocycles. The van der Waals surface area contributed by atoms with E-state index in [1.807, 2.05) is 0 Å². The quantitative estimate of drug-likeness (QED) is 0.125. The Labute approximate surface area is 201 Å². The Morgan fingerprint density at radius 1 is 1.06 bits per heavy atom. The fraction of sp³-hybridized carbons (Fsp3) is 0.500. The number of hydrogen-bond acceptors (Lipinski definition) is 13. The first-order valence-electron chi connectivity index (χ1n) is 7.92. The van der Waals surface area contributed by atoms with E-state index in [1.165, 1.54) is 10.9 Å². The molecule has 22 heteroatoms. The number of nitrogens with two attached hydrogens (primary N) is 1. The molecule has 6 atom stereocenters. The smallest absolute Gasteiger partial charge is 1.00 e. The SMILES string of the molecule is Nc1ncnc2c1ncn2[C@@H]1O[C@H](COP(=O)(O)OP(=O)(O)OP(=O)(O)O)[C@@H](O)[C@H]1O.[H-].[Na+]. The second-order valence-electron chi connectivity index (χ2n) is 6.02. The maximum atomic E-state index is 11.8. The van der Waals surface area contributed by atoms with Gasteiger partial charge in [0, 0.05) is 0 Å². The summed E-state index contributed by atoms with van der Waals surface area (Å²) >= 11 is 0. The molecule has 3 heterocycles. The minimum absolute atomic E-state index is 0. The minimum atomic E-state index is -5.70. The summed E-state index contributed by atoms with van der Waals surface area (Å²) < 4.78 is 51.9. The number of fused-ring (bicyclic) bond motifs is 1. The van der Waals surface area contributed by atoms with Crippen molar-refractivity contribution < 1.29 is 92.3 Å². The standard InChI is InChI=1S/C10H16N5O13P3.Na.H/c11-8-5-9(13-2-12-8)15(3-14-5)10-7(17)6(16)4(26-10)1-25-30(21,22)28-31(23,24)27-29(18,19)20;;/h2-4,6-7,10,16-17H,1H2,(H,21,22)(H,23,24)(H2,11,12,13)(H2,18,19,20);;/q;+1;-1/t4-,6-,7-,10-;;/m1../s1. The molecular weight excluding hydrogens is 514 g/mol. The summed E-state index contributed by atoms with van der Waals surface area (Å²) in [5.74, 6) is 0.0426. The molecule has 1 saturated heterocycles. The molecule has 3 rings (SSSR count). The molecule has 0 aromatic carbocycles. The largest absolute Gasteiger partial charge is 1.00 e. The van der Waals surface area contributed by atoms with Gasteiger partial charge in [-0.3, -0.25) is 9.09 Å². The first-order valence-corrected chi connectivity index (χ1v) is 12.4. The monoisotopic (exact) mass is 531 g/mol. The van der Waals surface area contributed by atoms with Crippen LogP contribution in [0.1, 0.15) is 7.65 Å². The molecule has 1 fully saturated rings. The van der Waals surface area contributed by atoms with Crippen LogP contribution in [0.5, 0.6) is 0 Å². The zero-order chi connectivity index (χ0) is 23.2. The van der Waals surface area contributed by atoms with Crippen molar-refractivity contribution in [3.8, 4) is 0 Å². The zero-order valence-electron chi connectivity index (χ0n) is 16.9. The van der Waals surface area contributed by atoms with Crippen molar-refractivity contribution in [1.82, 2.24) is 19.5 Å². The van der Waals surface area contributed by atoms with E-state index in [2.05, 4.69) is 28.1 Å². The molecule has 2 aromatic heterocycles. The van der Waals surface area contributed by atoms with Gasteiger partial charge in [0.05, 0.1) is 12.9 Å². The number of nitrogen functional groups attached to an aromatic ring is 1. The third kappa shape index (κ3) is 6.61. The maximum Gasteiger partial charge on any atom is 1.00 e. The average molecular weight is 531 g/mol. The first-order chi connectivity index (χ1) is 14.2. The van der Waals surface area contributed by atoms with Gasteiger partial charge in [0.1, 0.15) is 30.2 Å². The van der Waals surface area contributed by atoms with Crippen molar-refractivity contribution in [2.75, 3.05) is 12.3 Å². The van der Waals surface area contributed by atoms with Gasteiger partial charge in [-0.2, -0.15) is 8.62 Å². The normalized spacial score (nSPS) is 27.6. The van der Waals surface area contributed by atoms with Gasteiger partial charge in [0.2, 0.25) is 0 Å². The molecule has 8 N–H and O–H groups in total. The fourth-order valence-corrected chi connectivity index (χ4v) is 5.65. The Hall–Kier alpha value is -0.360. The van der Waals surface area contributed by atoms with E-state index in [4.69, 9.17) is 25.2 Å². The van der Waals surface area contributed by atoms with Crippen LogP contribution < -0.4 is 35.3 Å². The van der Waals surface area contributed by atoms with Gasteiger partial charge < -0.3 is 41.7 Å². The topological polar surface area (TPSA) is 279 Å². The molecule has 1 aliphatic rings. The van der Waals surface area contributed by atoms with E-state index in [0.29, 0.717) is 0 Å². The van der Waals surface area contributed by atoms with Crippen LogP contribution in [0.2, 0.25) is 0 Å². The number of aliphatic hydroxyl groups is 2. The van der Waals surface area contributed by atoms with Crippen LogP contribution >= 0.6 is 23.5 Å². The summed E-state index contributed by atoms with van der Waals surface area (Å²) in [6.45, 7) is -0.956. The molecule has 2 unspecified atom stereocenters. The van der Waals surface area contributed by atoms with E-state index in [1.54, 1.807) is 0 Å². The third-order valence-electron chi connectivity index (χ3n) is 3.82. The van der Waals surface area contributed by atoms with Crippen LogP contribution in [0, 0.1) is 0 Å². The Morgan fingerprint density at radius 2 is 1.72 bits per heavy atom. The summed E-state index contributed by atoms with van der Waals surface area (Å²) in [5, 5.41) is 20.4. The number of anilines is 1. The summed E-state index contributed by atoms with van der Waals surface area (Å²) in [6.07, 6.45) is -3.69. The number of ether oxygens (including phenoxy) is 1. The predicted molar refractivity (Wildman–Crippen MR) is 96.6 cm³/mol. The first kappa shape index (κ1) is 27.9. The van der Waals surface area contributed by atoms with Crippen molar-refractivity contribution in [3.05, 3.63) is 12.7 Å². The summed E-state index contributed by atoms with van der Waals surface area (Å²) in [7, 11) is -16.7. The molecule has 0 aliphatic carbocycles. The van der Waals surface area contributed by atoms with Crippen LogP contribution in [-0.2, 0) is 31.6 Å². The van der Waals surface area contributed by atoms with Gasteiger partial charge in [-0.05, 0) is 0 Å². The van der Waals surface area contributed by atoms with Gasteiger partial charge in [-0.15, -0.1) is 0 Å². The van der Waals surface area contributed by atoms with E-state index in [0.717, 1.165) is 6.33 Å². The second kappa shape index (κ2) is 10.1. The molecule has 0 bridgehead atoms. The number of phosphoric ester groups is 1. The third-order valence-corrected chi connectivity index (χ3v) is 7.62. The van der Waals surface area contributed by atoms with Crippen LogP contribution in [-0.4, -0.2) is 74.2 Å². The van der Waals surface area contributed by atoms with Crippen LogP contribution in [0.25, 0.3) is 11.2 Å². The number of hydrogen-bond donors (Lipinski definition) is 7. The molecule has 176 valence electrons. The number of phosphoric acid groups is 3. The Bertz CT molecular complexity index is 1120. The molecule has 18 nitrogen and oxygen atoms in total. The Kier molecular flexibility index (Phi) is 8.80. The molecule has 2 aromatic rings. The number of imidazole rings is 1. The molecule has 0 amide bonds. The van der Waals surface area contributed by atoms with Gasteiger partial charge in [0.25, 0.3) is 0 Å². The molecular formula is C10H17N5NaO13P3. The minimum Gasteiger partial charge on any atom is -1.00 e. The maximum absolute atomic E-state index is 11.8. The van der Waals surface area contributed by atoms with Crippen molar-refractivity contribution >= 4 is 40.4 Å². The number of aromatic nitrogens is 4. The predicted octanol–water partition coefficient (Wildman–Crippen LogP) is -4.51. The van der Waals surface area contributed by atoms with Gasteiger partial charge in [0.15, 0.2) is 17.7 Å². The van der Waals surface area contributed by atoms with E-state index in [-0.39, 0.29) is 48.0 Å². The molecule has 32 heavy (non-hydrogen) atoms. The Balaban J connectivity index is 0.00000272. The summed E-state index contributed by atoms with van der Waals surface area (Å²) in [5.41, 5.74) is 6.00. The fourth-order valence-electron chi connectivity index (χ4n) is 2.62. The zero-order valence-corrected chi connectivity index (χ0v) is 20.6. The van der Waals surface area contributed by atoms with E-state index in [9.17, 15) is 28.8 Å². The molecule has 0 radical (unpaired) electrons. The van der Waals surface area contributed by atoms with Crippen LogP contribution in [0.4, 0.5) is 5.82 Å². The van der Waals surface area contributed by atoms with Gasteiger partial charge in [-0.1, -0.05) is 0 Å².